The molecule has 21 heavy (non-hydrogen) atoms. The van der Waals surface area contributed by atoms with E-state index in [1.165, 1.54) is 6.20 Å². The molecule has 0 bridgehead atoms. The van der Waals surface area contributed by atoms with Gasteiger partial charge < -0.3 is 14.7 Å². The van der Waals surface area contributed by atoms with Crippen molar-refractivity contribution < 1.29 is 14.2 Å². The summed E-state index contributed by atoms with van der Waals surface area (Å²) in [5.41, 5.74) is 0.00431. The summed E-state index contributed by atoms with van der Waals surface area (Å²) in [7, 11) is 0. The summed E-state index contributed by atoms with van der Waals surface area (Å²) in [6, 6.07) is 0. The largest absolute Gasteiger partial charge is 0.389 e. The minimum Gasteiger partial charge on any atom is -0.389 e. The number of hydrogen-bond donors (Lipinski definition) is 1. The van der Waals surface area contributed by atoms with Gasteiger partial charge in [-0.2, -0.15) is 4.98 Å². The Balaban J connectivity index is 2.15. The Bertz CT molecular complexity index is 688. The zero-order valence-corrected chi connectivity index (χ0v) is 12.3. The first-order valence-corrected chi connectivity index (χ1v) is 7.00. The van der Waals surface area contributed by atoms with Gasteiger partial charge >= 0.3 is 0 Å². The standard InChI is InChI=1S/C12H11Cl2FN4O2/c13-10-8(15)9-7(3-16-10)11(18-12(14)17-9)19-1-2-21-5-6(20)4-19/h3,6,20H,1-2,4-5H2/t6-/m0/s1. The van der Waals surface area contributed by atoms with Crippen LogP contribution in [-0.4, -0.2) is 52.5 Å². The second kappa shape index (κ2) is 5.84. The fraction of sp³-hybridized carbons (Fsp3) is 0.417. The summed E-state index contributed by atoms with van der Waals surface area (Å²) in [4.78, 5) is 13.6. The molecule has 0 amide bonds. The number of rotatable bonds is 1. The molecule has 3 heterocycles. The van der Waals surface area contributed by atoms with Crippen LogP contribution in [0, 0.1) is 5.82 Å². The van der Waals surface area contributed by atoms with Crippen molar-refractivity contribution in [3.63, 3.8) is 0 Å². The highest BCUT2D eigenvalue weighted by Gasteiger charge is 2.22. The van der Waals surface area contributed by atoms with Crippen LogP contribution in [0.25, 0.3) is 10.9 Å². The van der Waals surface area contributed by atoms with Gasteiger partial charge in [-0.25, -0.2) is 14.4 Å². The molecule has 9 heteroatoms. The number of hydrogen-bond acceptors (Lipinski definition) is 6. The highest BCUT2D eigenvalue weighted by Crippen LogP contribution is 2.29. The molecule has 1 aliphatic rings. The van der Waals surface area contributed by atoms with E-state index in [9.17, 15) is 9.50 Å². The molecule has 1 fully saturated rings. The zero-order valence-electron chi connectivity index (χ0n) is 10.8. The van der Waals surface area contributed by atoms with Crippen LogP contribution >= 0.6 is 23.2 Å². The monoisotopic (exact) mass is 332 g/mol. The lowest BCUT2D eigenvalue weighted by atomic mass is 10.2. The first kappa shape index (κ1) is 14.6. The number of aromatic nitrogens is 3. The minimum atomic E-state index is -0.744. The maximum absolute atomic E-state index is 14.0. The molecular formula is C12H11Cl2FN4O2. The summed E-state index contributed by atoms with van der Waals surface area (Å²) in [6.45, 7) is 1.45. The Kier molecular flexibility index (Phi) is 4.08. The molecule has 0 aromatic carbocycles. The number of aliphatic hydroxyl groups is 1. The number of nitrogens with zero attached hydrogens (tertiary/aromatic N) is 4. The maximum Gasteiger partial charge on any atom is 0.225 e. The van der Waals surface area contributed by atoms with E-state index in [0.717, 1.165) is 0 Å². The van der Waals surface area contributed by atoms with Crippen molar-refractivity contribution in [3.8, 4) is 0 Å². The summed E-state index contributed by atoms with van der Waals surface area (Å²) in [5.74, 6) is -0.344. The molecule has 1 atom stereocenters. The lowest BCUT2D eigenvalue weighted by Gasteiger charge is -2.23. The van der Waals surface area contributed by atoms with Crippen LogP contribution in [0.1, 0.15) is 0 Å². The predicted octanol–water partition coefficient (Wildman–Crippen LogP) is 1.67. The Morgan fingerprint density at radius 1 is 1.38 bits per heavy atom. The average molecular weight is 333 g/mol. The van der Waals surface area contributed by atoms with Crippen LogP contribution in [0.15, 0.2) is 6.20 Å². The second-order valence-electron chi connectivity index (χ2n) is 4.62. The van der Waals surface area contributed by atoms with Crippen molar-refractivity contribution in [2.75, 3.05) is 31.2 Å². The Morgan fingerprint density at radius 2 is 2.19 bits per heavy atom. The van der Waals surface area contributed by atoms with E-state index in [4.69, 9.17) is 27.9 Å². The molecule has 1 saturated heterocycles. The molecule has 0 radical (unpaired) electrons. The van der Waals surface area contributed by atoms with E-state index in [-0.39, 0.29) is 22.6 Å². The zero-order chi connectivity index (χ0) is 15.0. The third-order valence-corrected chi connectivity index (χ3v) is 3.57. The molecule has 1 N–H and O–H groups in total. The van der Waals surface area contributed by atoms with Gasteiger partial charge in [0.05, 0.1) is 24.7 Å². The highest BCUT2D eigenvalue weighted by molar-refractivity contribution is 6.30. The van der Waals surface area contributed by atoms with E-state index >= 15 is 0 Å². The van der Waals surface area contributed by atoms with E-state index in [2.05, 4.69) is 15.0 Å². The molecule has 6 nitrogen and oxygen atoms in total. The van der Waals surface area contributed by atoms with Gasteiger partial charge in [0.2, 0.25) is 5.28 Å². The topological polar surface area (TPSA) is 71.4 Å². The Morgan fingerprint density at radius 3 is 3.00 bits per heavy atom. The van der Waals surface area contributed by atoms with Gasteiger partial charge in [-0.05, 0) is 11.6 Å². The van der Waals surface area contributed by atoms with E-state index in [1.807, 2.05) is 0 Å². The molecule has 0 unspecified atom stereocenters. The molecule has 2 aromatic rings. The highest BCUT2D eigenvalue weighted by atomic mass is 35.5. The van der Waals surface area contributed by atoms with E-state index in [1.54, 1.807) is 4.90 Å². The summed E-state index contributed by atoms with van der Waals surface area (Å²) >= 11 is 11.5. The van der Waals surface area contributed by atoms with Gasteiger partial charge in [-0.15, -0.1) is 0 Å². The third-order valence-electron chi connectivity index (χ3n) is 3.14. The molecular weight excluding hydrogens is 322 g/mol. The van der Waals surface area contributed by atoms with Crippen LogP contribution in [0.4, 0.5) is 10.2 Å². The van der Waals surface area contributed by atoms with Crippen molar-refractivity contribution >= 4 is 39.9 Å². The van der Waals surface area contributed by atoms with Gasteiger partial charge in [0.15, 0.2) is 11.0 Å². The average Bonchev–Trinajstić information content (AvgIpc) is 2.67. The summed E-state index contributed by atoms with van der Waals surface area (Å²) in [5, 5.41) is 9.82. The number of β-amino-alcohol motifs (C(OH)–C–C–N with tert-alkyl or cyclic N) is 1. The van der Waals surface area contributed by atoms with Crippen LogP contribution < -0.4 is 4.90 Å². The van der Waals surface area contributed by atoms with Crippen molar-refractivity contribution in [1.82, 2.24) is 15.0 Å². The quantitative estimate of drug-likeness (QED) is 0.632. The van der Waals surface area contributed by atoms with Crippen molar-refractivity contribution in [1.29, 1.82) is 0 Å². The number of pyridine rings is 1. The number of ether oxygens (including phenoxy) is 1. The molecule has 0 aliphatic carbocycles. The predicted molar refractivity (Wildman–Crippen MR) is 76.3 cm³/mol. The smallest absolute Gasteiger partial charge is 0.225 e. The fourth-order valence-corrected chi connectivity index (χ4v) is 2.52. The summed E-state index contributed by atoms with van der Waals surface area (Å²) < 4.78 is 19.3. The lowest BCUT2D eigenvalue weighted by Crippen LogP contribution is -2.33. The van der Waals surface area contributed by atoms with Gasteiger partial charge in [0.1, 0.15) is 11.3 Å². The van der Waals surface area contributed by atoms with Gasteiger partial charge in [0.25, 0.3) is 0 Å². The number of halogens is 3. The third kappa shape index (κ3) is 2.87. The van der Waals surface area contributed by atoms with E-state index in [0.29, 0.717) is 30.9 Å². The fourth-order valence-electron chi connectivity index (χ4n) is 2.22. The summed E-state index contributed by atoms with van der Waals surface area (Å²) in [6.07, 6.45) is 0.728. The molecule has 0 saturated carbocycles. The van der Waals surface area contributed by atoms with E-state index < -0.39 is 11.9 Å². The molecule has 112 valence electrons. The minimum absolute atomic E-state index is 0.00431. The SMILES string of the molecule is O[C@@H]1COCCN(c2nc(Cl)nc3c(F)c(Cl)ncc23)C1. The van der Waals surface area contributed by atoms with Crippen molar-refractivity contribution in [2.45, 2.75) is 6.10 Å². The van der Waals surface area contributed by atoms with Crippen molar-refractivity contribution in [3.05, 3.63) is 22.5 Å². The van der Waals surface area contributed by atoms with Crippen LogP contribution in [-0.2, 0) is 4.74 Å². The van der Waals surface area contributed by atoms with Crippen LogP contribution in [0.5, 0.6) is 0 Å². The number of fused-ring (bicyclic) bond motifs is 1. The first-order chi connectivity index (χ1) is 10.1. The molecule has 0 spiro atoms. The van der Waals surface area contributed by atoms with Crippen LogP contribution in [0.3, 0.4) is 0 Å². The molecule has 1 aliphatic heterocycles. The van der Waals surface area contributed by atoms with Gasteiger partial charge in [0, 0.05) is 19.3 Å². The van der Waals surface area contributed by atoms with Gasteiger partial charge in [-0.1, -0.05) is 11.6 Å². The molecule has 3 rings (SSSR count). The van der Waals surface area contributed by atoms with Gasteiger partial charge in [-0.3, -0.25) is 0 Å². The Labute approximate surface area is 129 Å². The van der Waals surface area contributed by atoms with Crippen LogP contribution in [0.2, 0.25) is 10.4 Å². The number of aliphatic hydroxyl groups excluding tert-OH is 1. The van der Waals surface area contributed by atoms with Crippen molar-refractivity contribution in [2.24, 2.45) is 0 Å². The normalized spacial score (nSPS) is 19.8. The maximum atomic E-state index is 14.0. The Hall–Kier alpha value is -1.28. The first-order valence-electron chi connectivity index (χ1n) is 6.24. The second-order valence-corrected chi connectivity index (χ2v) is 5.31. The lowest BCUT2D eigenvalue weighted by molar-refractivity contribution is 0.0597. The number of anilines is 1. The molecule has 2 aromatic heterocycles.